The maximum absolute atomic E-state index is 10.7. The minimum Gasteiger partial charge on any atom is -0.363 e. The van der Waals surface area contributed by atoms with Crippen LogP contribution in [-0.4, -0.2) is 10.1 Å². The number of nitrogens with zero attached hydrogens (tertiary/aromatic N) is 2. The zero-order chi connectivity index (χ0) is 10.3. The Balaban J connectivity index is 2.89. The second kappa shape index (κ2) is 2.95. The Bertz CT molecular complexity index is 521. The van der Waals surface area contributed by atoms with Crippen molar-refractivity contribution in [2.45, 2.75) is 6.92 Å². The molecule has 1 heterocycles. The van der Waals surface area contributed by atoms with Crippen LogP contribution in [0.2, 0.25) is 5.02 Å². The molecule has 0 aliphatic rings. The van der Waals surface area contributed by atoms with Crippen LogP contribution in [0.5, 0.6) is 0 Å². The molecule has 0 atom stereocenters. The summed E-state index contributed by atoms with van der Waals surface area (Å²) in [5.41, 5.74) is 0.778. The van der Waals surface area contributed by atoms with Crippen LogP contribution in [0.4, 0.5) is 5.69 Å². The molecule has 72 valence electrons. The maximum atomic E-state index is 10.7. The van der Waals surface area contributed by atoms with Crippen LogP contribution < -0.4 is 0 Å². The van der Waals surface area contributed by atoms with Gasteiger partial charge in [-0.1, -0.05) is 16.8 Å². The molecular weight excluding hydrogens is 208 g/mol. The molecule has 2 aromatic rings. The molecule has 0 spiro atoms. The molecule has 0 unspecified atom stereocenters. The van der Waals surface area contributed by atoms with E-state index in [1.807, 2.05) is 0 Å². The van der Waals surface area contributed by atoms with Crippen LogP contribution in [0.25, 0.3) is 10.9 Å². The number of halogens is 1. The Labute approximate surface area is 83.4 Å². The van der Waals surface area contributed by atoms with Gasteiger partial charge in [0.1, 0.15) is 16.8 Å². The number of rotatable bonds is 1. The molecule has 0 fully saturated rings. The molecule has 0 saturated heterocycles. The van der Waals surface area contributed by atoms with Crippen molar-refractivity contribution in [3.8, 4) is 0 Å². The zero-order valence-electron chi connectivity index (χ0n) is 7.15. The lowest BCUT2D eigenvalue weighted by atomic mass is 10.1. The summed E-state index contributed by atoms with van der Waals surface area (Å²) >= 11 is 5.75. The highest BCUT2D eigenvalue weighted by Crippen LogP contribution is 2.33. The number of nitro groups is 1. The third-order valence-corrected chi connectivity index (χ3v) is 2.29. The number of nitro benzene ring substituents is 1. The SMILES string of the molecule is Cc1c([N+](=O)[O-])c(Cl)cc2conc12. The van der Waals surface area contributed by atoms with Crippen molar-refractivity contribution in [3.05, 3.63) is 33.0 Å². The van der Waals surface area contributed by atoms with E-state index in [4.69, 9.17) is 16.1 Å². The van der Waals surface area contributed by atoms with E-state index in [1.54, 1.807) is 6.92 Å². The summed E-state index contributed by atoms with van der Waals surface area (Å²) in [6, 6.07) is 1.47. The predicted molar refractivity (Wildman–Crippen MR) is 50.4 cm³/mol. The molecule has 0 bridgehead atoms. The van der Waals surface area contributed by atoms with Gasteiger partial charge in [-0.05, 0) is 13.0 Å². The highest BCUT2D eigenvalue weighted by Gasteiger charge is 2.20. The summed E-state index contributed by atoms with van der Waals surface area (Å²) < 4.78 is 4.70. The molecule has 2 rings (SSSR count). The lowest BCUT2D eigenvalue weighted by Crippen LogP contribution is -1.93. The van der Waals surface area contributed by atoms with E-state index in [9.17, 15) is 10.1 Å². The van der Waals surface area contributed by atoms with Crippen LogP contribution in [-0.2, 0) is 0 Å². The average Bonchev–Trinajstić information content (AvgIpc) is 2.50. The van der Waals surface area contributed by atoms with Crippen molar-refractivity contribution in [2.75, 3.05) is 0 Å². The van der Waals surface area contributed by atoms with E-state index >= 15 is 0 Å². The van der Waals surface area contributed by atoms with Crippen molar-refractivity contribution in [1.29, 1.82) is 0 Å². The Morgan fingerprint density at radius 3 is 3.00 bits per heavy atom. The van der Waals surface area contributed by atoms with Gasteiger partial charge in [0.2, 0.25) is 0 Å². The standard InChI is InChI=1S/C8H5ClN2O3/c1-4-7-5(3-14-10-7)2-6(9)8(4)11(12)13/h2-3H,1H3. The minimum atomic E-state index is -0.522. The Morgan fingerprint density at radius 1 is 1.64 bits per heavy atom. The van der Waals surface area contributed by atoms with Crippen LogP contribution >= 0.6 is 11.6 Å². The lowest BCUT2D eigenvalue weighted by Gasteiger charge is -1.98. The number of aryl methyl sites for hydroxylation is 1. The Morgan fingerprint density at radius 2 is 2.36 bits per heavy atom. The number of fused-ring (bicyclic) bond motifs is 1. The predicted octanol–water partition coefficient (Wildman–Crippen LogP) is 2.70. The van der Waals surface area contributed by atoms with Gasteiger partial charge in [-0.15, -0.1) is 0 Å². The first-order valence-electron chi connectivity index (χ1n) is 3.79. The van der Waals surface area contributed by atoms with Crippen LogP contribution in [0, 0.1) is 17.0 Å². The van der Waals surface area contributed by atoms with E-state index in [0.717, 1.165) is 0 Å². The molecule has 0 saturated carbocycles. The summed E-state index contributed by atoms with van der Waals surface area (Å²) in [6.07, 6.45) is 1.40. The Hall–Kier alpha value is -1.62. The van der Waals surface area contributed by atoms with Crippen LogP contribution in [0.15, 0.2) is 16.9 Å². The molecule has 0 radical (unpaired) electrons. The third kappa shape index (κ3) is 1.13. The van der Waals surface area contributed by atoms with Gasteiger partial charge in [-0.3, -0.25) is 10.1 Å². The summed E-state index contributed by atoms with van der Waals surface area (Å²) in [5.74, 6) is 0. The van der Waals surface area contributed by atoms with E-state index in [0.29, 0.717) is 16.5 Å². The fourth-order valence-electron chi connectivity index (χ4n) is 1.35. The smallest absolute Gasteiger partial charge is 0.293 e. The van der Waals surface area contributed by atoms with Gasteiger partial charge in [0, 0.05) is 5.39 Å². The summed E-state index contributed by atoms with van der Waals surface area (Å²) in [7, 11) is 0. The quantitative estimate of drug-likeness (QED) is 0.538. The highest BCUT2D eigenvalue weighted by atomic mass is 35.5. The first-order valence-corrected chi connectivity index (χ1v) is 4.16. The van der Waals surface area contributed by atoms with Crippen LogP contribution in [0.1, 0.15) is 5.56 Å². The first-order chi connectivity index (χ1) is 6.61. The minimum absolute atomic E-state index is 0.100. The fourth-order valence-corrected chi connectivity index (χ4v) is 1.68. The summed E-state index contributed by atoms with van der Waals surface area (Å²) in [4.78, 5) is 10.1. The van der Waals surface area contributed by atoms with E-state index < -0.39 is 4.92 Å². The summed E-state index contributed by atoms with van der Waals surface area (Å²) in [6.45, 7) is 1.59. The number of aromatic nitrogens is 1. The van der Waals surface area contributed by atoms with Gasteiger partial charge in [0.25, 0.3) is 5.69 Å². The maximum Gasteiger partial charge on any atom is 0.293 e. The topological polar surface area (TPSA) is 69.2 Å². The van der Waals surface area contributed by atoms with Crippen molar-refractivity contribution in [2.24, 2.45) is 0 Å². The average molecular weight is 213 g/mol. The van der Waals surface area contributed by atoms with Crippen molar-refractivity contribution >= 4 is 28.2 Å². The largest absolute Gasteiger partial charge is 0.363 e. The highest BCUT2D eigenvalue weighted by molar-refractivity contribution is 6.33. The van der Waals surface area contributed by atoms with E-state index in [1.165, 1.54) is 12.3 Å². The first kappa shape index (κ1) is 8.96. The zero-order valence-corrected chi connectivity index (χ0v) is 7.91. The molecule has 0 N–H and O–H groups in total. The second-order valence-electron chi connectivity index (χ2n) is 2.84. The third-order valence-electron chi connectivity index (χ3n) is 2.00. The Kier molecular flexibility index (Phi) is 1.89. The molecule has 0 aliphatic heterocycles. The number of hydrogen-bond acceptors (Lipinski definition) is 4. The van der Waals surface area contributed by atoms with Gasteiger partial charge >= 0.3 is 0 Å². The second-order valence-corrected chi connectivity index (χ2v) is 3.25. The molecule has 14 heavy (non-hydrogen) atoms. The summed E-state index contributed by atoms with van der Waals surface area (Å²) in [5, 5.41) is 15.1. The normalized spacial score (nSPS) is 10.7. The van der Waals surface area contributed by atoms with E-state index in [-0.39, 0.29) is 10.7 Å². The number of hydrogen-bond donors (Lipinski definition) is 0. The molecule has 1 aromatic carbocycles. The van der Waals surface area contributed by atoms with Gasteiger partial charge in [-0.2, -0.15) is 0 Å². The molecule has 6 heteroatoms. The van der Waals surface area contributed by atoms with Crippen LogP contribution in [0.3, 0.4) is 0 Å². The van der Waals surface area contributed by atoms with Crippen molar-refractivity contribution < 1.29 is 9.45 Å². The fraction of sp³-hybridized carbons (Fsp3) is 0.125. The van der Waals surface area contributed by atoms with Gasteiger partial charge in [0.05, 0.1) is 10.5 Å². The van der Waals surface area contributed by atoms with Gasteiger partial charge < -0.3 is 4.52 Å². The monoisotopic (exact) mass is 212 g/mol. The molecule has 0 aliphatic carbocycles. The molecular formula is C8H5ClN2O3. The molecule has 5 nitrogen and oxygen atoms in total. The van der Waals surface area contributed by atoms with Crippen molar-refractivity contribution in [3.63, 3.8) is 0 Å². The number of benzene rings is 1. The van der Waals surface area contributed by atoms with Crippen molar-refractivity contribution in [1.82, 2.24) is 5.16 Å². The van der Waals surface area contributed by atoms with Gasteiger partial charge in [-0.25, -0.2) is 0 Å². The van der Waals surface area contributed by atoms with Gasteiger partial charge in [0.15, 0.2) is 0 Å². The van der Waals surface area contributed by atoms with E-state index in [2.05, 4.69) is 5.16 Å². The molecule has 0 amide bonds. The molecule has 1 aromatic heterocycles. The lowest BCUT2D eigenvalue weighted by molar-refractivity contribution is -0.385.